The number of benzene rings is 1. The van der Waals surface area contributed by atoms with E-state index >= 15 is 0 Å². The number of methoxy groups -OCH3 is 1. The predicted molar refractivity (Wildman–Crippen MR) is 95.1 cm³/mol. The number of ether oxygens (including phenoxy) is 1. The van der Waals surface area contributed by atoms with Gasteiger partial charge in [-0.3, -0.25) is 9.88 Å². The van der Waals surface area contributed by atoms with E-state index in [2.05, 4.69) is 16.8 Å². The van der Waals surface area contributed by atoms with Crippen molar-refractivity contribution in [1.82, 2.24) is 9.88 Å². The van der Waals surface area contributed by atoms with E-state index in [-0.39, 0.29) is 6.04 Å². The minimum Gasteiger partial charge on any atom is -0.497 e. The Bertz CT molecular complexity index is 733. The molecule has 0 aliphatic carbocycles. The standard InChI is InChI=1S/C20H26N2O2/c1-3-13-12-22-9-7-14(13)10-19(22)20(23)16-6-8-21-18-5-4-15(24-2)11-17(16)18/h4-6,8,11,13-14,19-20,23H,3,7,9-10,12H2,1-2H3/t13-,14+,19?,20-/m0/s1. The van der Waals surface area contributed by atoms with Crippen molar-refractivity contribution in [3.63, 3.8) is 0 Å². The molecule has 3 fully saturated rings. The Morgan fingerprint density at radius 1 is 1.38 bits per heavy atom. The first-order chi connectivity index (χ1) is 11.7. The average molecular weight is 326 g/mol. The molecule has 2 bridgehead atoms. The summed E-state index contributed by atoms with van der Waals surface area (Å²) in [5, 5.41) is 12.2. The van der Waals surface area contributed by atoms with E-state index in [0.29, 0.717) is 0 Å². The van der Waals surface area contributed by atoms with Gasteiger partial charge in [0.1, 0.15) is 5.75 Å². The Labute approximate surface area is 143 Å². The van der Waals surface area contributed by atoms with Gasteiger partial charge in [-0.15, -0.1) is 0 Å². The lowest BCUT2D eigenvalue weighted by Gasteiger charge is -2.51. The first-order valence-corrected chi connectivity index (χ1v) is 9.06. The lowest BCUT2D eigenvalue weighted by Crippen LogP contribution is -2.55. The molecular formula is C20H26N2O2. The summed E-state index contributed by atoms with van der Waals surface area (Å²) in [5.74, 6) is 2.37. The molecule has 5 rings (SSSR count). The number of pyridine rings is 1. The summed E-state index contributed by atoms with van der Waals surface area (Å²) < 4.78 is 5.36. The van der Waals surface area contributed by atoms with Gasteiger partial charge in [0.25, 0.3) is 0 Å². The second kappa shape index (κ2) is 6.34. The molecule has 3 aliphatic rings. The van der Waals surface area contributed by atoms with Gasteiger partial charge >= 0.3 is 0 Å². The van der Waals surface area contributed by atoms with Gasteiger partial charge in [-0.1, -0.05) is 13.3 Å². The van der Waals surface area contributed by atoms with Crippen LogP contribution in [0.2, 0.25) is 0 Å². The van der Waals surface area contributed by atoms with Gasteiger partial charge in [0, 0.05) is 24.2 Å². The molecule has 0 saturated carbocycles. The number of piperidine rings is 3. The topological polar surface area (TPSA) is 45.6 Å². The number of hydrogen-bond donors (Lipinski definition) is 1. The van der Waals surface area contributed by atoms with Crippen molar-refractivity contribution >= 4 is 10.9 Å². The first kappa shape index (κ1) is 15.9. The first-order valence-electron chi connectivity index (χ1n) is 9.06. The van der Waals surface area contributed by atoms with Crippen LogP contribution in [0.4, 0.5) is 0 Å². The third-order valence-electron chi connectivity index (χ3n) is 6.13. The number of aromatic nitrogens is 1. The minimum absolute atomic E-state index is 0.225. The van der Waals surface area contributed by atoms with E-state index in [4.69, 9.17) is 4.74 Å². The summed E-state index contributed by atoms with van der Waals surface area (Å²) in [6.45, 7) is 4.55. The SMILES string of the molecule is CC[C@H]1CN2CC[C@@H]1CC2[C@@H](O)c1ccnc2ccc(OC)cc12. The Hall–Kier alpha value is -1.65. The van der Waals surface area contributed by atoms with Crippen molar-refractivity contribution in [1.29, 1.82) is 0 Å². The van der Waals surface area contributed by atoms with Crippen LogP contribution in [0.1, 0.15) is 37.9 Å². The summed E-state index contributed by atoms with van der Waals surface area (Å²) in [6.07, 6.45) is 4.97. The summed E-state index contributed by atoms with van der Waals surface area (Å²) in [7, 11) is 1.67. The van der Waals surface area contributed by atoms with E-state index in [9.17, 15) is 5.11 Å². The maximum absolute atomic E-state index is 11.2. The van der Waals surface area contributed by atoms with Gasteiger partial charge in [0.15, 0.2) is 0 Å². The smallest absolute Gasteiger partial charge is 0.119 e. The largest absolute Gasteiger partial charge is 0.497 e. The van der Waals surface area contributed by atoms with E-state index in [1.54, 1.807) is 13.3 Å². The normalized spacial score (nSPS) is 30.5. The molecular weight excluding hydrogens is 300 g/mol. The molecule has 4 heterocycles. The van der Waals surface area contributed by atoms with Crippen LogP contribution in [0.25, 0.3) is 10.9 Å². The van der Waals surface area contributed by atoms with Gasteiger partial charge in [0.2, 0.25) is 0 Å². The summed E-state index contributed by atoms with van der Waals surface area (Å²) in [4.78, 5) is 6.94. The molecule has 2 aromatic rings. The molecule has 0 spiro atoms. The maximum Gasteiger partial charge on any atom is 0.119 e. The molecule has 3 aliphatic heterocycles. The van der Waals surface area contributed by atoms with E-state index in [0.717, 1.165) is 53.6 Å². The quantitative estimate of drug-likeness (QED) is 0.935. The third kappa shape index (κ3) is 2.58. The molecule has 2 unspecified atom stereocenters. The number of aliphatic hydroxyl groups is 1. The van der Waals surface area contributed by atoms with Gasteiger partial charge in [-0.2, -0.15) is 0 Å². The van der Waals surface area contributed by atoms with Crippen LogP contribution in [0.5, 0.6) is 5.75 Å². The highest BCUT2D eigenvalue weighted by atomic mass is 16.5. The van der Waals surface area contributed by atoms with Crippen LogP contribution in [-0.4, -0.2) is 41.2 Å². The van der Waals surface area contributed by atoms with Crippen molar-refractivity contribution in [2.45, 2.75) is 38.3 Å². The molecule has 1 aromatic carbocycles. The van der Waals surface area contributed by atoms with E-state index in [1.165, 1.54) is 12.8 Å². The second-order valence-corrected chi connectivity index (χ2v) is 7.24. The van der Waals surface area contributed by atoms with Crippen LogP contribution in [0.15, 0.2) is 30.5 Å². The Balaban J connectivity index is 1.68. The summed E-state index contributed by atoms with van der Waals surface area (Å²) >= 11 is 0. The van der Waals surface area contributed by atoms with Crippen molar-refractivity contribution in [2.75, 3.05) is 20.2 Å². The highest BCUT2D eigenvalue weighted by molar-refractivity contribution is 5.83. The van der Waals surface area contributed by atoms with Crippen molar-refractivity contribution in [3.05, 3.63) is 36.0 Å². The lowest BCUT2D eigenvalue weighted by atomic mass is 9.72. The van der Waals surface area contributed by atoms with Gasteiger partial charge in [0.05, 0.1) is 18.7 Å². The van der Waals surface area contributed by atoms with Crippen LogP contribution in [0.3, 0.4) is 0 Å². The predicted octanol–water partition coefficient (Wildman–Crippen LogP) is 3.40. The molecule has 1 N–H and O–H groups in total. The van der Waals surface area contributed by atoms with Crippen molar-refractivity contribution in [2.24, 2.45) is 11.8 Å². The summed E-state index contributed by atoms with van der Waals surface area (Å²) in [5.41, 5.74) is 1.89. The molecule has 4 nitrogen and oxygen atoms in total. The van der Waals surface area contributed by atoms with Crippen LogP contribution >= 0.6 is 0 Å². The molecule has 1 aromatic heterocycles. The maximum atomic E-state index is 11.2. The Morgan fingerprint density at radius 2 is 2.25 bits per heavy atom. The molecule has 5 atom stereocenters. The zero-order valence-electron chi connectivity index (χ0n) is 14.5. The minimum atomic E-state index is -0.469. The Kier molecular flexibility index (Phi) is 4.19. The Morgan fingerprint density at radius 3 is 2.96 bits per heavy atom. The number of fused-ring (bicyclic) bond motifs is 4. The fraction of sp³-hybridized carbons (Fsp3) is 0.550. The number of hydrogen-bond acceptors (Lipinski definition) is 4. The van der Waals surface area contributed by atoms with Crippen LogP contribution < -0.4 is 4.74 Å². The van der Waals surface area contributed by atoms with Crippen molar-refractivity contribution in [3.8, 4) is 5.75 Å². The highest BCUT2D eigenvalue weighted by Crippen LogP contribution is 2.42. The average Bonchev–Trinajstić information content (AvgIpc) is 2.66. The van der Waals surface area contributed by atoms with Gasteiger partial charge in [-0.25, -0.2) is 0 Å². The van der Waals surface area contributed by atoms with Gasteiger partial charge in [-0.05, 0) is 61.1 Å². The fourth-order valence-electron chi connectivity index (χ4n) is 4.71. The van der Waals surface area contributed by atoms with Gasteiger partial charge < -0.3 is 9.84 Å². The highest BCUT2D eigenvalue weighted by Gasteiger charge is 2.42. The van der Waals surface area contributed by atoms with E-state index < -0.39 is 6.10 Å². The molecule has 3 saturated heterocycles. The number of aliphatic hydroxyl groups excluding tert-OH is 1. The second-order valence-electron chi connectivity index (χ2n) is 7.24. The molecule has 0 amide bonds. The molecule has 0 radical (unpaired) electrons. The number of rotatable bonds is 4. The zero-order chi connectivity index (χ0) is 16.7. The molecule has 4 heteroatoms. The molecule has 24 heavy (non-hydrogen) atoms. The monoisotopic (exact) mass is 326 g/mol. The van der Waals surface area contributed by atoms with Crippen LogP contribution in [0, 0.1) is 11.8 Å². The fourth-order valence-corrected chi connectivity index (χ4v) is 4.71. The third-order valence-corrected chi connectivity index (χ3v) is 6.13. The lowest BCUT2D eigenvalue weighted by molar-refractivity contribution is -0.0562. The zero-order valence-corrected chi connectivity index (χ0v) is 14.5. The van der Waals surface area contributed by atoms with Crippen molar-refractivity contribution < 1.29 is 9.84 Å². The van der Waals surface area contributed by atoms with E-state index in [1.807, 2.05) is 24.3 Å². The number of nitrogens with zero attached hydrogens (tertiary/aromatic N) is 2. The summed E-state index contributed by atoms with van der Waals surface area (Å²) in [6, 6.07) is 8.07. The van der Waals surface area contributed by atoms with Crippen LogP contribution in [-0.2, 0) is 0 Å². The molecule has 128 valence electrons.